The molecule has 0 radical (unpaired) electrons. The lowest BCUT2D eigenvalue weighted by molar-refractivity contribution is -0.134. The molecule has 1 N–H and O–H groups in total. The van der Waals surface area contributed by atoms with Gasteiger partial charge in [0.2, 0.25) is 5.91 Å². The lowest BCUT2D eigenvalue weighted by atomic mass is 9.69. The molecule has 0 aromatic carbocycles. The Hall–Kier alpha value is -0.530. The molecule has 0 unspecified atom stereocenters. The van der Waals surface area contributed by atoms with Gasteiger partial charge in [0.05, 0.1) is 0 Å². The number of nitrogens with one attached hydrogen (secondary N) is 1. The van der Waals surface area contributed by atoms with Gasteiger partial charge in [-0.15, -0.1) is 0 Å². The predicted molar refractivity (Wildman–Crippen MR) is 51.9 cm³/mol. The van der Waals surface area contributed by atoms with Gasteiger partial charge < -0.3 is 5.32 Å². The highest BCUT2D eigenvalue weighted by Gasteiger charge is 2.39. The molecule has 2 heteroatoms. The highest BCUT2D eigenvalue weighted by atomic mass is 16.2. The maximum atomic E-state index is 11.6. The molecule has 12 heavy (non-hydrogen) atoms. The summed E-state index contributed by atoms with van der Waals surface area (Å²) in [4.78, 5) is 11.6. The van der Waals surface area contributed by atoms with E-state index < -0.39 is 0 Å². The van der Waals surface area contributed by atoms with E-state index in [4.69, 9.17) is 0 Å². The summed E-state index contributed by atoms with van der Waals surface area (Å²) >= 11 is 0. The Bertz CT molecular complexity index is 165. The first-order valence-corrected chi connectivity index (χ1v) is 4.51. The minimum Gasteiger partial charge on any atom is -0.356 e. The highest BCUT2D eigenvalue weighted by molar-refractivity contribution is 5.82. The fraction of sp³-hybridized carbons (Fsp3) is 0.900. The summed E-state index contributed by atoms with van der Waals surface area (Å²) < 4.78 is 0. The first-order chi connectivity index (χ1) is 5.23. The summed E-state index contributed by atoms with van der Waals surface area (Å²) in [6.07, 6.45) is 0. The van der Waals surface area contributed by atoms with Crippen LogP contribution in [-0.2, 0) is 4.79 Å². The molecule has 0 fully saturated rings. The van der Waals surface area contributed by atoms with Crippen LogP contribution in [0.15, 0.2) is 0 Å². The van der Waals surface area contributed by atoms with Crippen LogP contribution < -0.4 is 5.32 Å². The molecule has 0 saturated heterocycles. The Morgan fingerprint density at radius 3 is 1.83 bits per heavy atom. The van der Waals surface area contributed by atoms with E-state index in [0.717, 1.165) is 0 Å². The van der Waals surface area contributed by atoms with E-state index in [2.05, 4.69) is 26.1 Å². The Morgan fingerprint density at radius 1 is 1.17 bits per heavy atom. The molecule has 0 spiro atoms. The standard InChI is InChI=1S/C10H21NO/c1-7-11-8(12)10(5,6)9(2,3)4/h7H2,1-6H3,(H,11,12). The molecule has 0 heterocycles. The SMILES string of the molecule is CCNC(=O)C(C)(C)C(C)(C)C. The number of hydrogen-bond donors (Lipinski definition) is 1. The van der Waals surface area contributed by atoms with E-state index in [1.807, 2.05) is 20.8 Å². The third-order valence-corrected chi connectivity index (χ3v) is 2.78. The molecule has 0 atom stereocenters. The third kappa shape index (κ3) is 2.23. The topological polar surface area (TPSA) is 29.1 Å². The van der Waals surface area contributed by atoms with Gasteiger partial charge in [-0.25, -0.2) is 0 Å². The largest absolute Gasteiger partial charge is 0.356 e. The zero-order valence-corrected chi connectivity index (χ0v) is 9.12. The molecule has 0 aliphatic rings. The normalized spacial score (nSPS) is 12.8. The maximum Gasteiger partial charge on any atom is 0.226 e. The van der Waals surface area contributed by atoms with Gasteiger partial charge in [-0.3, -0.25) is 4.79 Å². The van der Waals surface area contributed by atoms with E-state index in [0.29, 0.717) is 6.54 Å². The van der Waals surface area contributed by atoms with Crippen LogP contribution in [0.2, 0.25) is 0 Å². The van der Waals surface area contributed by atoms with E-state index in [-0.39, 0.29) is 16.7 Å². The van der Waals surface area contributed by atoms with Crippen molar-refractivity contribution in [2.45, 2.75) is 41.5 Å². The molecule has 72 valence electrons. The summed E-state index contributed by atoms with van der Waals surface area (Å²) in [5, 5.41) is 2.85. The molecule has 0 aromatic heterocycles. The summed E-state index contributed by atoms with van der Waals surface area (Å²) in [6.45, 7) is 12.9. The minimum absolute atomic E-state index is 0.00620. The molecule has 0 aromatic rings. The second kappa shape index (κ2) is 3.46. The summed E-state index contributed by atoms with van der Waals surface area (Å²) in [6, 6.07) is 0. The summed E-state index contributed by atoms with van der Waals surface area (Å²) in [5.41, 5.74) is -0.296. The van der Waals surface area contributed by atoms with Gasteiger partial charge in [-0.2, -0.15) is 0 Å². The van der Waals surface area contributed by atoms with Crippen molar-refractivity contribution in [3.8, 4) is 0 Å². The second-order valence-electron chi connectivity index (χ2n) is 4.73. The third-order valence-electron chi connectivity index (χ3n) is 2.78. The Kier molecular flexibility index (Phi) is 3.31. The van der Waals surface area contributed by atoms with E-state index in [9.17, 15) is 4.79 Å². The van der Waals surface area contributed by atoms with Crippen LogP contribution in [0.4, 0.5) is 0 Å². The number of hydrogen-bond acceptors (Lipinski definition) is 1. The molecule has 0 bridgehead atoms. The number of carbonyl (C=O) groups excluding carboxylic acids is 1. The Morgan fingerprint density at radius 2 is 1.58 bits per heavy atom. The van der Waals surface area contributed by atoms with E-state index >= 15 is 0 Å². The molecule has 0 aliphatic heterocycles. The Labute approximate surface area is 75.7 Å². The molecule has 0 rings (SSSR count). The van der Waals surface area contributed by atoms with Crippen molar-refractivity contribution in [1.29, 1.82) is 0 Å². The van der Waals surface area contributed by atoms with Crippen molar-refractivity contribution >= 4 is 5.91 Å². The predicted octanol–water partition coefficient (Wildman–Crippen LogP) is 2.19. The van der Waals surface area contributed by atoms with Gasteiger partial charge in [0.1, 0.15) is 0 Å². The fourth-order valence-corrected chi connectivity index (χ4v) is 0.722. The van der Waals surface area contributed by atoms with Crippen LogP contribution in [0, 0.1) is 10.8 Å². The average Bonchev–Trinajstić information content (AvgIpc) is 1.85. The second-order valence-corrected chi connectivity index (χ2v) is 4.73. The van der Waals surface area contributed by atoms with Crippen molar-refractivity contribution < 1.29 is 4.79 Å². The molecular weight excluding hydrogens is 150 g/mol. The number of carbonyl (C=O) groups is 1. The number of amides is 1. The smallest absolute Gasteiger partial charge is 0.226 e. The quantitative estimate of drug-likeness (QED) is 0.678. The molecule has 1 amide bonds. The van der Waals surface area contributed by atoms with E-state index in [1.165, 1.54) is 0 Å². The van der Waals surface area contributed by atoms with Gasteiger partial charge in [0.25, 0.3) is 0 Å². The zero-order chi connectivity index (χ0) is 9.99. The monoisotopic (exact) mass is 171 g/mol. The lowest BCUT2D eigenvalue weighted by Crippen LogP contribution is -2.44. The van der Waals surface area contributed by atoms with Crippen LogP contribution in [0.1, 0.15) is 41.5 Å². The fourth-order valence-electron chi connectivity index (χ4n) is 0.722. The molecule has 0 saturated carbocycles. The van der Waals surface area contributed by atoms with Gasteiger partial charge in [-0.1, -0.05) is 34.6 Å². The summed E-state index contributed by atoms with van der Waals surface area (Å²) in [7, 11) is 0. The van der Waals surface area contributed by atoms with Crippen LogP contribution in [-0.4, -0.2) is 12.5 Å². The lowest BCUT2D eigenvalue weighted by Gasteiger charge is -2.37. The van der Waals surface area contributed by atoms with Gasteiger partial charge >= 0.3 is 0 Å². The zero-order valence-electron chi connectivity index (χ0n) is 9.12. The number of rotatable bonds is 2. The van der Waals surface area contributed by atoms with Gasteiger partial charge in [0.15, 0.2) is 0 Å². The highest BCUT2D eigenvalue weighted by Crippen LogP contribution is 2.37. The van der Waals surface area contributed by atoms with Crippen LogP contribution in [0.3, 0.4) is 0 Å². The maximum absolute atomic E-state index is 11.6. The molecule has 0 aliphatic carbocycles. The average molecular weight is 171 g/mol. The first-order valence-electron chi connectivity index (χ1n) is 4.51. The van der Waals surface area contributed by atoms with Crippen LogP contribution in [0.5, 0.6) is 0 Å². The van der Waals surface area contributed by atoms with E-state index in [1.54, 1.807) is 0 Å². The molecular formula is C10H21NO. The van der Waals surface area contributed by atoms with Crippen molar-refractivity contribution in [1.82, 2.24) is 5.32 Å². The summed E-state index contributed by atoms with van der Waals surface area (Å²) in [5.74, 6) is 0.137. The van der Waals surface area contributed by atoms with Crippen LogP contribution >= 0.6 is 0 Å². The Balaban J connectivity index is 4.50. The van der Waals surface area contributed by atoms with Crippen molar-refractivity contribution in [3.63, 3.8) is 0 Å². The minimum atomic E-state index is -0.303. The van der Waals surface area contributed by atoms with Gasteiger partial charge in [0, 0.05) is 12.0 Å². The van der Waals surface area contributed by atoms with Crippen molar-refractivity contribution in [3.05, 3.63) is 0 Å². The van der Waals surface area contributed by atoms with Crippen molar-refractivity contribution in [2.24, 2.45) is 10.8 Å². The van der Waals surface area contributed by atoms with Crippen LogP contribution in [0.25, 0.3) is 0 Å². The molecule has 2 nitrogen and oxygen atoms in total. The van der Waals surface area contributed by atoms with Crippen molar-refractivity contribution in [2.75, 3.05) is 6.54 Å². The van der Waals surface area contributed by atoms with Gasteiger partial charge in [-0.05, 0) is 12.3 Å². The first kappa shape index (κ1) is 11.5.